The molecule has 0 saturated carbocycles. The summed E-state index contributed by atoms with van der Waals surface area (Å²) >= 11 is 0. The van der Waals surface area contributed by atoms with Gasteiger partial charge in [-0.25, -0.2) is 0 Å². The quantitative estimate of drug-likeness (QED) is 0.211. The summed E-state index contributed by atoms with van der Waals surface area (Å²) in [5.41, 5.74) is 0. The topological polar surface area (TPSA) is 43.4 Å². The Kier molecular flexibility index (Phi) is 27.2. The van der Waals surface area contributed by atoms with Crippen LogP contribution >= 0.6 is 0 Å². The number of carbonyl (C=O) groups is 1. The van der Waals surface area contributed by atoms with Crippen molar-refractivity contribution in [1.29, 1.82) is 0 Å². The molecule has 0 aliphatic rings. The maximum absolute atomic E-state index is 11.2. The van der Waals surface area contributed by atoms with Gasteiger partial charge in [0.05, 0.1) is 0 Å². The number of unbranched alkanes of at least 4 members (excludes halogenated alkanes) is 12. The second-order valence-electron chi connectivity index (χ2n) is 8.30. The number of hydrogen-bond donors (Lipinski definition) is 0. The van der Waals surface area contributed by atoms with E-state index < -0.39 is 5.97 Å². The van der Waals surface area contributed by atoms with Gasteiger partial charge in [-0.3, -0.25) is 0 Å². The van der Waals surface area contributed by atoms with E-state index in [9.17, 15) is 9.90 Å². The summed E-state index contributed by atoms with van der Waals surface area (Å²) in [5.74, 6) is -0.891. The van der Waals surface area contributed by atoms with Gasteiger partial charge in [-0.15, -0.1) is 0 Å². The first-order valence-electron chi connectivity index (χ1n) is 12.1. The van der Waals surface area contributed by atoms with Crippen LogP contribution in [-0.2, 0) is 4.79 Å². The Hall–Kier alpha value is 1.07. The Morgan fingerprint density at radius 2 is 1.07 bits per heavy atom. The molecule has 28 heavy (non-hydrogen) atoms. The van der Waals surface area contributed by atoms with Gasteiger partial charge in [-0.2, -0.15) is 0 Å². The van der Waals surface area contributed by atoms with Gasteiger partial charge in [0.25, 0.3) is 0 Å². The van der Waals surface area contributed by atoms with E-state index in [1.54, 1.807) is 0 Å². The monoisotopic (exact) mass is 421 g/mol. The van der Waals surface area contributed by atoms with Gasteiger partial charge >= 0.3 is 51.4 Å². The Labute approximate surface area is 219 Å². The number of carbonyl (C=O) groups excluding carboxylic acids is 1. The molecule has 0 aliphatic heterocycles. The molecule has 1 unspecified atom stereocenters. The van der Waals surface area contributed by atoms with Gasteiger partial charge in [0, 0.05) is 18.4 Å². The number of hydrogen-bond acceptors (Lipinski definition) is 3. The summed E-state index contributed by atoms with van der Waals surface area (Å²) in [4.78, 5) is 13.7. The van der Waals surface area contributed by atoms with E-state index in [-0.39, 0.29) is 63.8 Å². The summed E-state index contributed by atoms with van der Waals surface area (Å²) < 4.78 is 0. The van der Waals surface area contributed by atoms with Crippen molar-refractivity contribution in [3.63, 3.8) is 0 Å². The third kappa shape index (κ3) is 20.3. The summed E-state index contributed by atoms with van der Waals surface area (Å²) in [6, 6.07) is 0.167. The average molecular weight is 422 g/mol. The van der Waals surface area contributed by atoms with Crippen molar-refractivity contribution >= 4 is 5.97 Å². The predicted molar refractivity (Wildman–Crippen MR) is 116 cm³/mol. The van der Waals surface area contributed by atoms with E-state index in [0.29, 0.717) is 0 Å². The molecular weight excluding hydrogens is 373 g/mol. The molecule has 0 bridgehead atoms. The van der Waals surface area contributed by atoms with Crippen LogP contribution in [0.5, 0.6) is 0 Å². The van der Waals surface area contributed by atoms with Crippen LogP contribution in [0.4, 0.5) is 0 Å². The smallest absolute Gasteiger partial charge is 0.550 e. The fourth-order valence-corrected chi connectivity index (χ4v) is 3.96. The van der Waals surface area contributed by atoms with E-state index >= 15 is 0 Å². The van der Waals surface area contributed by atoms with Crippen LogP contribution in [0.15, 0.2) is 0 Å². The predicted octanol–water partition coefficient (Wildman–Crippen LogP) is 3.10. The van der Waals surface area contributed by atoms with Crippen molar-refractivity contribution in [3.05, 3.63) is 0 Å². The second-order valence-corrected chi connectivity index (χ2v) is 8.30. The third-order valence-electron chi connectivity index (χ3n) is 5.64. The zero-order valence-corrected chi connectivity index (χ0v) is 22.9. The molecule has 162 valence electrons. The van der Waals surface area contributed by atoms with Crippen molar-refractivity contribution in [1.82, 2.24) is 4.90 Å². The van der Waals surface area contributed by atoms with Crippen molar-refractivity contribution in [2.75, 3.05) is 13.1 Å². The standard InChI is InChI=1S/C24H49NO2.K/c1-4-7-9-11-13-15-17-20-25(23(19-6-3)22-24(26)27)21-18-16-14-12-10-8-5-2;/h23H,4-22H2,1-3H3,(H,26,27);/q;+1/p-1. The van der Waals surface area contributed by atoms with Crippen LogP contribution < -0.4 is 56.5 Å². The largest absolute Gasteiger partial charge is 1.00 e. The minimum atomic E-state index is -0.891. The van der Waals surface area contributed by atoms with Crippen molar-refractivity contribution in [3.8, 4) is 0 Å². The normalized spacial score (nSPS) is 12.1. The molecular formula is C24H48KNO2. The Balaban J connectivity index is 0. The number of rotatable bonds is 21. The summed E-state index contributed by atoms with van der Waals surface area (Å²) in [5, 5.41) is 11.2. The first-order chi connectivity index (χ1) is 13.2. The first-order valence-corrected chi connectivity index (χ1v) is 12.1. The van der Waals surface area contributed by atoms with E-state index in [4.69, 9.17) is 0 Å². The summed E-state index contributed by atoms with van der Waals surface area (Å²) in [7, 11) is 0. The third-order valence-corrected chi connectivity index (χ3v) is 5.64. The van der Waals surface area contributed by atoms with Gasteiger partial charge in [-0.1, -0.05) is 104 Å². The fourth-order valence-electron chi connectivity index (χ4n) is 3.96. The van der Waals surface area contributed by atoms with Gasteiger partial charge in [-0.05, 0) is 32.4 Å². The molecule has 0 saturated heterocycles. The molecule has 0 rings (SSSR count). The molecule has 0 spiro atoms. The van der Waals surface area contributed by atoms with Gasteiger partial charge in [0.15, 0.2) is 0 Å². The van der Waals surface area contributed by atoms with Crippen LogP contribution in [0.1, 0.15) is 130 Å². The van der Waals surface area contributed by atoms with Gasteiger partial charge in [0.1, 0.15) is 0 Å². The molecule has 0 fully saturated rings. The SMILES string of the molecule is CCCCCCCCCN(CCCCCCCCC)C(CCC)CC(=O)[O-].[K+]. The van der Waals surface area contributed by atoms with Crippen LogP contribution in [0.2, 0.25) is 0 Å². The molecule has 0 aliphatic carbocycles. The second kappa shape index (κ2) is 24.3. The van der Waals surface area contributed by atoms with Crippen LogP contribution in [0.25, 0.3) is 0 Å². The molecule has 0 aromatic heterocycles. The minimum absolute atomic E-state index is 0. The average Bonchev–Trinajstić information content (AvgIpc) is 2.64. The van der Waals surface area contributed by atoms with Crippen LogP contribution in [0.3, 0.4) is 0 Å². The van der Waals surface area contributed by atoms with E-state index in [0.717, 1.165) is 25.9 Å². The Morgan fingerprint density at radius 3 is 1.43 bits per heavy atom. The molecule has 0 heterocycles. The Bertz CT molecular complexity index is 308. The molecule has 1 atom stereocenters. The van der Waals surface area contributed by atoms with E-state index in [1.165, 1.54) is 89.9 Å². The van der Waals surface area contributed by atoms with Crippen molar-refractivity contribution < 1.29 is 61.3 Å². The van der Waals surface area contributed by atoms with Crippen LogP contribution in [-0.4, -0.2) is 30.0 Å². The Morgan fingerprint density at radius 1 is 0.679 bits per heavy atom. The molecule has 3 nitrogen and oxygen atoms in total. The van der Waals surface area contributed by atoms with Gasteiger partial charge in [0.2, 0.25) is 0 Å². The molecule has 0 radical (unpaired) electrons. The maximum atomic E-state index is 11.2. The number of carboxylic acids is 1. The summed E-state index contributed by atoms with van der Waals surface area (Å²) in [6.07, 6.45) is 20.6. The zero-order chi connectivity index (χ0) is 20.2. The molecule has 0 aromatic rings. The maximum Gasteiger partial charge on any atom is 1.00 e. The minimum Gasteiger partial charge on any atom is -0.550 e. The van der Waals surface area contributed by atoms with E-state index in [2.05, 4.69) is 25.7 Å². The molecule has 0 aromatic carbocycles. The van der Waals surface area contributed by atoms with Gasteiger partial charge < -0.3 is 14.8 Å². The molecule has 0 N–H and O–H groups in total. The van der Waals surface area contributed by atoms with Crippen LogP contribution in [0, 0.1) is 0 Å². The summed E-state index contributed by atoms with van der Waals surface area (Å²) in [6.45, 7) is 8.78. The number of nitrogens with zero attached hydrogens (tertiary/aromatic N) is 1. The zero-order valence-electron chi connectivity index (χ0n) is 19.8. The first kappa shape index (κ1) is 31.3. The van der Waals surface area contributed by atoms with E-state index in [1.807, 2.05) is 0 Å². The molecule has 0 amide bonds. The van der Waals surface area contributed by atoms with Crippen molar-refractivity contribution in [2.24, 2.45) is 0 Å². The number of aliphatic carboxylic acids is 1. The fraction of sp³-hybridized carbons (Fsp3) is 0.958. The van der Waals surface area contributed by atoms with Crippen molar-refractivity contribution in [2.45, 2.75) is 136 Å². The molecule has 4 heteroatoms. The number of carboxylic acid groups (broad SMARTS) is 1.